The maximum Gasteiger partial charge on any atom is 0.159 e. The highest BCUT2D eigenvalue weighted by molar-refractivity contribution is 6.15. The van der Waals surface area contributed by atoms with Crippen molar-refractivity contribution in [3.8, 4) is 44.5 Å². The van der Waals surface area contributed by atoms with Gasteiger partial charge >= 0.3 is 0 Å². The lowest BCUT2D eigenvalue weighted by Crippen LogP contribution is -2.10. The van der Waals surface area contributed by atoms with Crippen LogP contribution in [0.2, 0.25) is 0 Å². The van der Waals surface area contributed by atoms with Crippen LogP contribution in [0.1, 0.15) is 0 Å². The zero-order valence-corrected chi connectivity index (χ0v) is 31.7. The van der Waals surface area contributed by atoms with Gasteiger partial charge in [-0.25, -0.2) is 0 Å². The van der Waals surface area contributed by atoms with Crippen LogP contribution in [-0.2, 0) is 0 Å². The molecule has 0 saturated carbocycles. The van der Waals surface area contributed by atoms with Gasteiger partial charge < -0.3 is 9.32 Å². The van der Waals surface area contributed by atoms with Crippen molar-refractivity contribution in [3.63, 3.8) is 0 Å². The van der Waals surface area contributed by atoms with Crippen LogP contribution < -0.4 is 4.90 Å². The highest BCUT2D eigenvalue weighted by Gasteiger charge is 2.23. The fraction of sp³-hybridized carbons (Fsp3) is 0. The summed E-state index contributed by atoms with van der Waals surface area (Å²) >= 11 is 0. The predicted molar refractivity (Wildman–Crippen MR) is 245 cm³/mol. The van der Waals surface area contributed by atoms with E-state index in [0.29, 0.717) is 0 Å². The Bertz CT molecular complexity index is 3240. The lowest BCUT2D eigenvalue weighted by molar-refractivity contribution is 0.670. The molecule has 10 aromatic carbocycles. The first-order chi connectivity index (χ1) is 28.7. The molecule has 0 N–H and O–H groups in total. The molecule has 0 spiro atoms. The van der Waals surface area contributed by atoms with Gasteiger partial charge in [0.15, 0.2) is 5.58 Å². The molecule has 0 amide bonds. The minimum atomic E-state index is 0.843. The zero-order valence-electron chi connectivity index (χ0n) is 31.7. The predicted octanol–water partition coefficient (Wildman–Crippen LogP) is 16.0. The van der Waals surface area contributed by atoms with E-state index in [1.54, 1.807) is 0 Å². The molecule has 0 aliphatic carbocycles. The second kappa shape index (κ2) is 14.1. The van der Waals surface area contributed by atoms with E-state index in [-0.39, 0.29) is 0 Å². The van der Waals surface area contributed by atoms with Crippen LogP contribution in [0, 0.1) is 0 Å². The van der Waals surface area contributed by atoms with Crippen molar-refractivity contribution in [2.75, 3.05) is 4.90 Å². The van der Waals surface area contributed by atoms with Crippen molar-refractivity contribution >= 4 is 60.5 Å². The van der Waals surface area contributed by atoms with Gasteiger partial charge in [-0.15, -0.1) is 0 Å². The van der Waals surface area contributed by atoms with E-state index in [9.17, 15) is 0 Å². The van der Waals surface area contributed by atoms with Gasteiger partial charge in [-0.05, 0) is 103 Å². The number of hydrogen-bond acceptors (Lipinski definition) is 2. The molecule has 2 nitrogen and oxygen atoms in total. The molecular weight excluding hydrogens is 703 g/mol. The first-order valence-corrected chi connectivity index (χ1v) is 19.8. The summed E-state index contributed by atoms with van der Waals surface area (Å²) in [6, 6.07) is 80.5. The summed E-state index contributed by atoms with van der Waals surface area (Å²) in [6.07, 6.45) is 0. The molecule has 1 heterocycles. The summed E-state index contributed by atoms with van der Waals surface area (Å²) in [5.74, 6) is 0. The summed E-state index contributed by atoms with van der Waals surface area (Å²) in [6.45, 7) is 0. The molecular formula is C56H37NO. The molecule has 0 saturated heterocycles. The van der Waals surface area contributed by atoms with Gasteiger partial charge in [-0.2, -0.15) is 0 Å². The Labute approximate surface area is 337 Å². The van der Waals surface area contributed by atoms with Crippen molar-refractivity contribution in [3.05, 3.63) is 224 Å². The topological polar surface area (TPSA) is 16.4 Å². The van der Waals surface area contributed by atoms with Crippen LogP contribution in [0.4, 0.5) is 17.1 Å². The Kier molecular flexibility index (Phi) is 8.19. The molecule has 11 rings (SSSR count). The summed E-state index contributed by atoms with van der Waals surface area (Å²) in [5.41, 5.74) is 14.0. The SMILES string of the molecule is c1ccc(-c2ccc(N(c3ccc(-c4ccc5ccc6ccccc6c5c4)cc3)c3cc(-c4ccccc4)cc4c3oc3c(-c5ccccc5)cccc34)cc2)cc1. The Morgan fingerprint density at radius 2 is 0.759 bits per heavy atom. The molecule has 0 fully saturated rings. The lowest BCUT2D eigenvalue weighted by Gasteiger charge is -2.26. The number of benzene rings is 10. The normalized spacial score (nSPS) is 11.4. The molecule has 0 aliphatic heterocycles. The van der Waals surface area contributed by atoms with Crippen molar-refractivity contribution in [2.45, 2.75) is 0 Å². The number of anilines is 3. The molecule has 0 radical (unpaired) electrons. The van der Waals surface area contributed by atoms with E-state index >= 15 is 0 Å². The van der Waals surface area contributed by atoms with Crippen molar-refractivity contribution < 1.29 is 4.42 Å². The van der Waals surface area contributed by atoms with Crippen molar-refractivity contribution in [1.82, 2.24) is 0 Å². The summed E-state index contributed by atoms with van der Waals surface area (Å²) < 4.78 is 7.10. The number of fused-ring (bicyclic) bond motifs is 6. The summed E-state index contributed by atoms with van der Waals surface area (Å²) in [5, 5.41) is 7.20. The third-order valence-corrected chi connectivity index (χ3v) is 11.4. The van der Waals surface area contributed by atoms with E-state index in [2.05, 4.69) is 229 Å². The summed E-state index contributed by atoms with van der Waals surface area (Å²) in [7, 11) is 0. The molecule has 1 aromatic heterocycles. The number of nitrogens with zero attached hydrogens (tertiary/aromatic N) is 1. The first-order valence-electron chi connectivity index (χ1n) is 19.8. The van der Waals surface area contributed by atoms with Crippen LogP contribution >= 0.6 is 0 Å². The Morgan fingerprint density at radius 1 is 0.276 bits per heavy atom. The fourth-order valence-electron chi connectivity index (χ4n) is 8.54. The quantitative estimate of drug-likeness (QED) is 0.151. The van der Waals surface area contributed by atoms with E-state index in [4.69, 9.17) is 4.42 Å². The lowest BCUT2D eigenvalue weighted by atomic mass is 9.97. The van der Waals surface area contributed by atoms with Gasteiger partial charge in [0.1, 0.15) is 5.58 Å². The third-order valence-electron chi connectivity index (χ3n) is 11.4. The number of hydrogen-bond donors (Lipinski definition) is 0. The number of furan rings is 1. The zero-order chi connectivity index (χ0) is 38.4. The van der Waals surface area contributed by atoms with Crippen LogP contribution in [-0.4, -0.2) is 0 Å². The van der Waals surface area contributed by atoms with Crippen LogP contribution in [0.15, 0.2) is 229 Å². The molecule has 58 heavy (non-hydrogen) atoms. The fourth-order valence-corrected chi connectivity index (χ4v) is 8.54. The van der Waals surface area contributed by atoms with Gasteiger partial charge in [0, 0.05) is 27.7 Å². The van der Waals surface area contributed by atoms with Crippen LogP contribution in [0.5, 0.6) is 0 Å². The van der Waals surface area contributed by atoms with E-state index in [0.717, 1.165) is 66.8 Å². The molecule has 0 unspecified atom stereocenters. The standard InChI is InChI=1S/C56H37NO/c1-4-13-38(14-5-1)40-27-31-47(32-28-40)57(48-33-29-41(30-34-48)45-26-25-44-24-23-43-19-10-11-20-49(43)52(44)35-45)54-37-46(39-15-6-2-7-16-39)36-53-51-22-12-21-50(55(51)58-56(53)54)42-17-8-3-9-18-42/h1-37H. The van der Waals surface area contributed by atoms with Crippen LogP contribution in [0.3, 0.4) is 0 Å². The largest absolute Gasteiger partial charge is 0.453 e. The van der Waals surface area contributed by atoms with Gasteiger partial charge in [0.05, 0.1) is 5.69 Å². The minimum Gasteiger partial charge on any atom is -0.453 e. The van der Waals surface area contributed by atoms with Gasteiger partial charge in [-0.1, -0.05) is 182 Å². The van der Waals surface area contributed by atoms with Gasteiger partial charge in [0.25, 0.3) is 0 Å². The highest BCUT2D eigenvalue weighted by Crippen LogP contribution is 2.47. The molecule has 0 atom stereocenters. The Balaban J connectivity index is 1.12. The molecule has 2 heteroatoms. The highest BCUT2D eigenvalue weighted by atomic mass is 16.3. The Morgan fingerprint density at radius 3 is 1.43 bits per heavy atom. The summed E-state index contributed by atoms with van der Waals surface area (Å²) in [4.78, 5) is 2.35. The monoisotopic (exact) mass is 739 g/mol. The average molecular weight is 740 g/mol. The third kappa shape index (κ3) is 5.91. The van der Waals surface area contributed by atoms with E-state index in [1.165, 1.54) is 38.2 Å². The molecule has 272 valence electrons. The van der Waals surface area contributed by atoms with E-state index in [1.807, 2.05) is 0 Å². The molecule has 0 aliphatic rings. The van der Waals surface area contributed by atoms with Crippen molar-refractivity contribution in [2.24, 2.45) is 0 Å². The second-order valence-electron chi connectivity index (χ2n) is 14.9. The maximum atomic E-state index is 7.10. The average Bonchev–Trinajstić information content (AvgIpc) is 3.69. The number of para-hydroxylation sites is 1. The van der Waals surface area contributed by atoms with Gasteiger partial charge in [-0.3, -0.25) is 0 Å². The minimum absolute atomic E-state index is 0.843. The van der Waals surface area contributed by atoms with Crippen molar-refractivity contribution in [1.29, 1.82) is 0 Å². The Hall–Kier alpha value is -7.68. The smallest absolute Gasteiger partial charge is 0.159 e. The molecule has 0 bridgehead atoms. The van der Waals surface area contributed by atoms with Crippen LogP contribution in [0.25, 0.3) is 88.0 Å². The number of rotatable bonds is 7. The molecule has 11 aromatic rings. The second-order valence-corrected chi connectivity index (χ2v) is 14.9. The first kappa shape index (κ1) is 33.6. The maximum absolute atomic E-state index is 7.10. The van der Waals surface area contributed by atoms with E-state index < -0.39 is 0 Å². The van der Waals surface area contributed by atoms with Gasteiger partial charge in [0.2, 0.25) is 0 Å².